The van der Waals surface area contributed by atoms with Gasteiger partial charge >= 0.3 is 0 Å². The zero-order chi connectivity index (χ0) is 15.1. The van der Waals surface area contributed by atoms with Crippen LogP contribution in [0.2, 0.25) is 5.02 Å². The largest absolute Gasteiger partial charge is 0.383 e. The Morgan fingerprint density at radius 2 is 2.19 bits per heavy atom. The summed E-state index contributed by atoms with van der Waals surface area (Å²) in [5.74, 6) is 0.257. The van der Waals surface area contributed by atoms with Crippen molar-refractivity contribution < 1.29 is 4.74 Å². The summed E-state index contributed by atoms with van der Waals surface area (Å²) >= 11 is 6.34. The van der Waals surface area contributed by atoms with Crippen LogP contribution < -0.4 is 5.32 Å². The third-order valence-corrected chi connectivity index (χ3v) is 3.67. The number of hydrogen-bond acceptors (Lipinski definition) is 4. The number of aryl methyl sites for hydroxylation is 1. The van der Waals surface area contributed by atoms with Crippen molar-refractivity contribution >= 4 is 11.6 Å². The Hall–Kier alpha value is -1.43. The summed E-state index contributed by atoms with van der Waals surface area (Å²) < 4.78 is 6.78. The standard InChI is InChI=1S/C15H21ClN4O/c1-20-11-13(18-19-20)9-12(10-17-7-8-21-2)14-5-3-4-6-15(14)16/h3-6,11-12,17H,7-10H2,1-2H3. The highest BCUT2D eigenvalue weighted by Crippen LogP contribution is 2.26. The Balaban J connectivity index is 2.08. The van der Waals surface area contributed by atoms with Crippen molar-refractivity contribution in [1.29, 1.82) is 0 Å². The molecule has 6 heteroatoms. The molecule has 1 heterocycles. The van der Waals surface area contributed by atoms with Crippen LogP contribution >= 0.6 is 11.6 Å². The summed E-state index contributed by atoms with van der Waals surface area (Å²) in [6.45, 7) is 2.34. The van der Waals surface area contributed by atoms with E-state index in [1.807, 2.05) is 31.4 Å². The van der Waals surface area contributed by atoms with Crippen LogP contribution in [0, 0.1) is 0 Å². The van der Waals surface area contributed by atoms with Crippen molar-refractivity contribution in [3.05, 3.63) is 46.7 Å². The number of aromatic nitrogens is 3. The van der Waals surface area contributed by atoms with E-state index in [1.165, 1.54) is 0 Å². The number of hydrogen-bond donors (Lipinski definition) is 1. The maximum atomic E-state index is 6.34. The van der Waals surface area contributed by atoms with Gasteiger partial charge in [-0.05, 0) is 11.6 Å². The average molecular weight is 309 g/mol. The molecule has 1 aromatic heterocycles. The molecular weight excluding hydrogens is 288 g/mol. The lowest BCUT2D eigenvalue weighted by Crippen LogP contribution is -2.26. The predicted molar refractivity (Wildman–Crippen MR) is 83.6 cm³/mol. The lowest BCUT2D eigenvalue weighted by atomic mass is 9.94. The van der Waals surface area contributed by atoms with Crippen molar-refractivity contribution in [3.63, 3.8) is 0 Å². The molecule has 2 rings (SSSR count). The van der Waals surface area contributed by atoms with E-state index in [9.17, 15) is 0 Å². The van der Waals surface area contributed by atoms with Crippen molar-refractivity contribution in [3.8, 4) is 0 Å². The molecule has 1 unspecified atom stereocenters. The number of methoxy groups -OCH3 is 1. The van der Waals surface area contributed by atoms with Crippen LogP contribution in [0.5, 0.6) is 0 Å². The SMILES string of the molecule is COCCNCC(Cc1cn(C)nn1)c1ccccc1Cl. The lowest BCUT2D eigenvalue weighted by molar-refractivity contribution is 0.199. The van der Waals surface area contributed by atoms with Gasteiger partial charge in [0.05, 0.1) is 12.3 Å². The Morgan fingerprint density at radius 1 is 1.38 bits per heavy atom. The molecule has 0 radical (unpaired) electrons. The Bertz CT molecular complexity index is 558. The molecule has 0 amide bonds. The normalized spacial score (nSPS) is 12.5. The molecule has 0 saturated heterocycles. The van der Waals surface area contributed by atoms with Crippen LogP contribution in [0.1, 0.15) is 17.2 Å². The first-order valence-electron chi connectivity index (χ1n) is 7.00. The summed E-state index contributed by atoms with van der Waals surface area (Å²) in [4.78, 5) is 0. The minimum atomic E-state index is 0.257. The molecule has 5 nitrogen and oxygen atoms in total. The zero-order valence-corrected chi connectivity index (χ0v) is 13.2. The van der Waals surface area contributed by atoms with Crippen molar-refractivity contribution in [1.82, 2.24) is 20.3 Å². The topological polar surface area (TPSA) is 52.0 Å². The molecule has 0 spiro atoms. The van der Waals surface area contributed by atoms with E-state index in [-0.39, 0.29) is 5.92 Å². The van der Waals surface area contributed by atoms with Gasteiger partial charge in [-0.3, -0.25) is 4.68 Å². The first-order valence-corrected chi connectivity index (χ1v) is 7.37. The van der Waals surface area contributed by atoms with Gasteiger partial charge in [-0.15, -0.1) is 5.10 Å². The molecule has 1 aromatic carbocycles. The zero-order valence-electron chi connectivity index (χ0n) is 12.4. The molecule has 0 fully saturated rings. The molecular formula is C15H21ClN4O. The first-order chi connectivity index (χ1) is 10.2. The lowest BCUT2D eigenvalue weighted by Gasteiger charge is -2.18. The van der Waals surface area contributed by atoms with Crippen LogP contribution in [-0.2, 0) is 18.2 Å². The highest BCUT2D eigenvalue weighted by atomic mass is 35.5. The third kappa shape index (κ3) is 4.81. The quantitative estimate of drug-likeness (QED) is 0.758. The molecule has 0 saturated carbocycles. The van der Waals surface area contributed by atoms with Gasteiger partial charge in [-0.25, -0.2) is 0 Å². The van der Waals surface area contributed by atoms with Gasteiger partial charge in [0, 0.05) is 50.8 Å². The molecule has 0 aliphatic heterocycles. The molecule has 1 N–H and O–H groups in total. The van der Waals surface area contributed by atoms with Crippen LogP contribution in [0.25, 0.3) is 0 Å². The summed E-state index contributed by atoms with van der Waals surface area (Å²) in [6, 6.07) is 7.96. The number of benzene rings is 1. The summed E-state index contributed by atoms with van der Waals surface area (Å²) in [6.07, 6.45) is 2.75. The van der Waals surface area contributed by atoms with Gasteiger partial charge in [-0.1, -0.05) is 35.0 Å². The van der Waals surface area contributed by atoms with Crippen molar-refractivity contribution in [2.45, 2.75) is 12.3 Å². The number of ether oxygens (including phenoxy) is 1. The molecule has 0 aliphatic rings. The van der Waals surface area contributed by atoms with Gasteiger partial charge in [0.15, 0.2) is 0 Å². The average Bonchev–Trinajstić information content (AvgIpc) is 2.88. The number of halogens is 1. The van der Waals surface area contributed by atoms with Crippen molar-refractivity contribution in [2.75, 3.05) is 26.8 Å². The molecule has 0 bridgehead atoms. The smallest absolute Gasteiger partial charge is 0.0833 e. The first kappa shape index (κ1) is 15.9. The Kier molecular flexibility index (Phi) is 6.17. The van der Waals surface area contributed by atoms with E-state index in [1.54, 1.807) is 11.8 Å². The molecule has 2 aromatic rings. The second kappa shape index (κ2) is 8.12. The van der Waals surface area contributed by atoms with Gasteiger partial charge in [0.2, 0.25) is 0 Å². The fourth-order valence-corrected chi connectivity index (χ4v) is 2.58. The van der Waals surface area contributed by atoms with E-state index in [0.717, 1.165) is 35.8 Å². The molecule has 114 valence electrons. The predicted octanol–water partition coefficient (Wildman–Crippen LogP) is 2.03. The van der Waals surface area contributed by atoms with Gasteiger partial charge in [0.1, 0.15) is 0 Å². The molecule has 0 aliphatic carbocycles. The number of nitrogens with zero attached hydrogens (tertiary/aromatic N) is 3. The van der Waals surface area contributed by atoms with Gasteiger partial charge < -0.3 is 10.1 Å². The third-order valence-electron chi connectivity index (χ3n) is 3.32. The Labute approximate surface area is 130 Å². The van der Waals surface area contributed by atoms with E-state index in [2.05, 4.69) is 21.7 Å². The van der Waals surface area contributed by atoms with E-state index < -0.39 is 0 Å². The summed E-state index contributed by atoms with van der Waals surface area (Å²) in [5, 5.41) is 12.4. The van der Waals surface area contributed by atoms with Crippen LogP contribution in [0.4, 0.5) is 0 Å². The monoisotopic (exact) mass is 308 g/mol. The number of nitrogens with one attached hydrogen (secondary N) is 1. The fraction of sp³-hybridized carbons (Fsp3) is 0.467. The van der Waals surface area contributed by atoms with Crippen LogP contribution in [0.15, 0.2) is 30.5 Å². The van der Waals surface area contributed by atoms with Crippen LogP contribution in [0.3, 0.4) is 0 Å². The van der Waals surface area contributed by atoms with E-state index in [4.69, 9.17) is 16.3 Å². The minimum absolute atomic E-state index is 0.257. The second-order valence-corrected chi connectivity index (χ2v) is 5.41. The van der Waals surface area contributed by atoms with Crippen LogP contribution in [-0.4, -0.2) is 41.8 Å². The highest BCUT2D eigenvalue weighted by Gasteiger charge is 2.16. The number of rotatable bonds is 8. The maximum Gasteiger partial charge on any atom is 0.0833 e. The van der Waals surface area contributed by atoms with E-state index >= 15 is 0 Å². The molecule has 21 heavy (non-hydrogen) atoms. The van der Waals surface area contributed by atoms with E-state index in [0.29, 0.717) is 6.61 Å². The highest BCUT2D eigenvalue weighted by molar-refractivity contribution is 6.31. The summed E-state index contributed by atoms with van der Waals surface area (Å²) in [7, 11) is 3.57. The minimum Gasteiger partial charge on any atom is -0.383 e. The van der Waals surface area contributed by atoms with Crippen molar-refractivity contribution in [2.24, 2.45) is 7.05 Å². The maximum absolute atomic E-state index is 6.34. The van der Waals surface area contributed by atoms with Gasteiger partial charge in [-0.2, -0.15) is 0 Å². The fourth-order valence-electron chi connectivity index (χ4n) is 2.29. The molecule has 1 atom stereocenters. The van der Waals surface area contributed by atoms with Gasteiger partial charge in [0.25, 0.3) is 0 Å². The Morgan fingerprint density at radius 3 is 2.86 bits per heavy atom. The second-order valence-electron chi connectivity index (χ2n) is 5.00. The summed E-state index contributed by atoms with van der Waals surface area (Å²) in [5.41, 5.74) is 2.10.